The topological polar surface area (TPSA) is 95.1 Å². The molecule has 0 aliphatic rings. The van der Waals surface area contributed by atoms with E-state index in [-0.39, 0.29) is 13.2 Å². The number of anilines is 4. The average Bonchev–Trinajstić information content (AvgIpc) is 3.07. The first-order valence-corrected chi connectivity index (χ1v) is 9.00. The molecule has 142 valence electrons. The molecule has 2 aromatic heterocycles. The monoisotopic (exact) mass is 375 g/mol. The van der Waals surface area contributed by atoms with Crippen LogP contribution in [0.25, 0.3) is 10.9 Å². The Bertz CT molecular complexity index is 1080. The van der Waals surface area contributed by atoms with E-state index >= 15 is 0 Å². The number of hydrogen-bond acceptors (Lipinski definition) is 6. The fourth-order valence-electron chi connectivity index (χ4n) is 2.92. The zero-order chi connectivity index (χ0) is 19.3. The molecule has 2 heterocycles. The summed E-state index contributed by atoms with van der Waals surface area (Å²) in [6.07, 6.45) is 1.70. The van der Waals surface area contributed by atoms with Crippen LogP contribution in [-0.2, 0) is 0 Å². The lowest BCUT2D eigenvalue weighted by atomic mass is 10.2. The molecule has 7 nitrogen and oxygen atoms in total. The van der Waals surface area contributed by atoms with E-state index in [4.69, 9.17) is 9.84 Å². The van der Waals surface area contributed by atoms with Crippen molar-refractivity contribution in [2.75, 3.05) is 23.8 Å². The molecule has 28 heavy (non-hydrogen) atoms. The molecular weight excluding hydrogens is 354 g/mol. The number of nitrogens with zero attached hydrogens (tertiary/aromatic N) is 2. The van der Waals surface area contributed by atoms with E-state index in [0.717, 1.165) is 28.0 Å². The molecule has 0 aliphatic heterocycles. The molecule has 4 N–H and O–H groups in total. The minimum Gasteiger partial charge on any atom is -0.491 e. The van der Waals surface area contributed by atoms with Crippen molar-refractivity contribution in [3.8, 4) is 5.75 Å². The predicted molar refractivity (Wildman–Crippen MR) is 111 cm³/mol. The van der Waals surface area contributed by atoms with Crippen LogP contribution < -0.4 is 15.4 Å². The van der Waals surface area contributed by atoms with Gasteiger partial charge in [-0.2, -0.15) is 4.98 Å². The number of aliphatic hydroxyl groups is 1. The number of aromatic nitrogens is 3. The first kappa shape index (κ1) is 17.8. The molecule has 0 bridgehead atoms. The lowest BCUT2D eigenvalue weighted by Crippen LogP contribution is -2.02. The molecule has 0 saturated heterocycles. The van der Waals surface area contributed by atoms with Crippen LogP contribution in [-0.4, -0.2) is 33.3 Å². The Morgan fingerprint density at radius 1 is 1.00 bits per heavy atom. The molecule has 7 heteroatoms. The molecule has 0 radical (unpaired) electrons. The van der Waals surface area contributed by atoms with Gasteiger partial charge in [-0.1, -0.05) is 0 Å². The highest BCUT2D eigenvalue weighted by molar-refractivity contribution is 5.84. The van der Waals surface area contributed by atoms with Crippen LogP contribution >= 0.6 is 0 Å². The third-order valence-corrected chi connectivity index (χ3v) is 4.15. The Morgan fingerprint density at radius 3 is 2.64 bits per heavy atom. The second kappa shape index (κ2) is 7.98. The normalized spacial score (nSPS) is 10.8. The van der Waals surface area contributed by atoms with Crippen molar-refractivity contribution < 1.29 is 9.84 Å². The summed E-state index contributed by atoms with van der Waals surface area (Å²) >= 11 is 0. The number of benzene rings is 2. The van der Waals surface area contributed by atoms with Crippen LogP contribution in [0.3, 0.4) is 0 Å². The maximum Gasteiger partial charge on any atom is 0.229 e. The predicted octanol–water partition coefficient (Wildman–Crippen LogP) is 4.12. The van der Waals surface area contributed by atoms with Crippen molar-refractivity contribution in [1.29, 1.82) is 0 Å². The fraction of sp³-hybridized carbons (Fsp3) is 0.143. The van der Waals surface area contributed by atoms with E-state index < -0.39 is 0 Å². The van der Waals surface area contributed by atoms with E-state index in [1.165, 1.54) is 0 Å². The number of H-pyrrole nitrogens is 1. The van der Waals surface area contributed by atoms with Crippen molar-refractivity contribution in [3.63, 3.8) is 0 Å². The number of hydrogen-bond donors (Lipinski definition) is 4. The van der Waals surface area contributed by atoms with Gasteiger partial charge in [-0.05, 0) is 61.5 Å². The van der Waals surface area contributed by atoms with Gasteiger partial charge < -0.3 is 25.5 Å². The number of aromatic amines is 1. The Kier molecular flexibility index (Phi) is 5.07. The standard InChI is InChI=1S/C21H21N5O2/c1-14-12-15-13-17(4-7-19(15)23-14)24-20-8-9-22-21(26-20)25-16-2-5-18(6-3-16)28-11-10-27/h2-9,12-13,23,27H,10-11H2,1H3,(H2,22,24,25,26). The van der Waals surface area contributed by atoms with Gasteiger partial charge in [0.05, 0.1) is 6.61 Å². The Morgan fingerprint density at radius 2 is 1.82 bits per heavy atom. The summed E-state index contributed by atoms with van der Waals surface area (Å²) in [5.74, 6) is 1.89. The number of ether oxygens (including phenoxy) is 1. The van der Waals surface area contributed by atoms with Gasteiger partial charge >= 0.3 is 0 Å². The summed E-state index contributed by atoms with van der Waals surface area (Å²) in [5, 5.41) is 16.4. The van der Waals surface area contributed by atoms with Gasteiger partial charge in [-0.25, -0.2) is 4.98 Å². The summed E-state index contributed by atoms with van der Waals surface area (Å²) in [6.45, 7) is 2.31. The van der Waals surface area contributed by atoms with Crippen molar-refractivity contribution in [3.05, 3.63) is 66.5 Å². The molecule has 4 rings (SSSR count). The summed E-state index contributed by atoms with van der Waals surface area (Å²) in [5.41, 5.74) is 4.05. The van der Waals surface area contributed by atoms with E-state index in [9.17, 15) is 0 Å². The minimum atomic E-state index is -0.00966. The quantitative estimate of drug-likeness (QED) is 0.388. The van der Waals surface area contributed by atoms with Crippen molar-refractivity contribution >= 4 is 34.0 Å². The smallest absolute Gasteiger partial charge is 0.229 e. The SMILES string of the molecule is Cc1cc2cc(Nc3ccnc(Nc4ccc(OCCO)cc4)n3)ccc2[nH]1. The summed E-state index contributed by atoms with van der Waals surface area (Å²) < 4.78 is 5.36. The highest BCUT2D eigenvalue weighted by Gasteiger charge is 2.04. The Balaban J connectivity index is 1.46. The van der Waals surface area contributed by atoms with Crippen LogP contribution in [0.15, 0.2) is 60.8 Å². The zero-order valence-electron chi connectivity index (χ0n) is 15.4. The summed E-state index contributed by atoms with van der Waals surface area (Å²) in [7, 11) is 0. The van der Waals surface area contributed by atoms with Crippen molar-refractivity contribution in [1.82, 2.24) is 15.0 Å². The third-order valence-electron chi connectivity index (χ3n) is 4.15. The van der Waals surface area contributed by atoms with E-state index in [1.807, 2.05) is 49.4 Å². The van der Waals surface area contributed by atoms with Gasteiger partial charge in [0, 0.05) is 34.2 Å². The molecule has 0 atom stereocenters. The van der Waals surface area contributed by atoms with Crippen LogP contribution in [0.4, 0.5) is 23.1 Å². The summed E-state index contributed by atoms with van der Waals surface area (Å²) in [6, 6.07) is 17.5. The number of aryl methyl sites for hydroxylation is 1. The Labute approximate surface area is 162 Å². The molecule has 0 spiro atoms. The number of nitrogens with one attached hydrogen (secondary N) is 3. The molecule has 0 amide bonds. The lowest BCUT2D eigenvalue weighted by Gasteiger charge is -2.09. The van der Waals surface area contributed by atoms with Gasteiger partial charge in [-0.3, -0.25) is 0 Å². The zero-order valence-corrected chi connectivity index (χ0v) is 15.4. The average molecular weight is 375 g/mol. The molecular formula is C21H21N5O2. The third kappa shape index (κ3) is 4.21. The van der Waals surface area contributed by atoms with Gasteiger partial charge in [0.1, 0.15) is 18.2 Å². The molecule has 0 unspecified atom stereocenters. The summed E-state index contributed by atoms with van der Waals surface area (Å²) in [4.78, 5) is 12.1. The Hall–Kier alpha value is -3.58. The van der Waals surface area contributed by atoms with Crippen LogP contribution in [0.5, 0.6) is 5.75 Å². The van der Waals surface area contributed by atoms with Gasteiger partial charge in [-0.15, -0.1) is 0 Å². The van der Waals surface area contributed by atoms with E-state index in [1.54, 1.807) is 6.20 Å². The highest BCUT2D eigenvalue weighted by Crippen LogP contribution is 2.23. The second-order valence-electron chi connectivity index (χ2n) is 6.37. The van der Waals surface area contributed by atoms with Crippen LogP contribution in [0, 0.1) is 6.92 Å². The molecule has 0 aliphatic carbocycles. The maximum absolute atomic E-state index is 8.80. The first-order valence-electron chi connectivity index (χ1n) is 9.00. The van der Waals surface area contributed by atoms with Crippen LogP contribution in [0.1, 0.15) is 5.69 Å². The van der Waals surface area contributed by atoms with Crippen LogP contribution in [0.2, 0.25) is 0 Å². The lowest BCUT2D eigenvalue weighted by molar-refractivity contribution is 0.201. The molecule has 0 fully saturated rings. The van der Waals surface area contributed by atoms with Gasteiger partial charge in [0.25, 0.3) is 0 Å². The fourth-order valence-corrected chi connectivity index (χ4v) is 2.92. The van der Waals surface area contributed by atoms with Crippen molar-refractivity contribution in [2.45, 2.75) is 6.92 Å². The second-order valence-corrected chi connectivity index (χ2v) is 6.37. The molecule has 2 aromatic carbocycles. The molecule has 4 aromatic rings. The highest BCUT2D eigenvalue weighted by atomic mass is 16.5. The first-order chi connectivity index (χ1) is 13.7. The number of rotatable bonds is 7. The molecule has 0 saturated carbocycles. The number of fused-ring (bicyclic) bond motifs is 1. The minimum absolute atomic E-state index is 0.00966. The van der Waals surface area contributed by atoms with Gasteiger partial charge in [0.2, 0.25) is 5.95 Å². The maximum atomic E-state index is 8.80. The largest absolute Gasteiger partial charge is 0.491 e. The van der Waals surface area contributed by atoms with Crippen molar-refractivity contribution in [2.24, 2.45) is 0 Å². The van der Waals surface area contributed by atoms with E-state index in [2.05, 4.69) is 37.7 Å². The van der Waals surface area contributed by atoms with E-state index in [0.29, 0.717) is 17.5 Å². The van der Waals surface area contributed by atoms with Gasteiger partial charge in [0.15, 0.2) is 0 Å². The number of aliphatic hydroxyl groups excluding tert-OH is 1.